The van der Waals surface area contributed by atoms with Crippen LogP contribution < -0.4 is 16.0 Å². The SMILES string of the molecule is O=C=C1CCC(n2c(=C=O)c3ccc(C=O)cc3c2=C=O)C(=C=O)N1. The molecule has 1 fully saturated rings. The fourth-order valence-corrected chi connectivity index (χ4v) is 3.09. The number of piperidine rings is 1. The zero-order chi connectivity index (χ0) is 18.0. The van der Waals surface area contributed by atoms with E-state index >= 15 is 0 Å². The Morgan fingerprint density at radius 1 is 1.00 bits per heavy atom. The maximum atomic E-state index is 11.6. The number of aromatic nitrogens is 1. The molecule has 1 aromatic heterocycles. The van der Waals surface area contributed by atoms with Gasteiger partial charge in [-0.05, 0) is 12.5 Å². The number of nitrogens with one attached hydrogen (secondary N) is 1. The van der Waals surface area contributed by atoms with Crippen molar-refractivity contribution < 1.29 is 24.0 Å². The summed E-state index contributed by atoms with van der Waals surface area (Å²) >= 11 is 0. The number of hydrogen-bond donors (Lipinski definition) is 1. The lowest BCUT2D eigenvalue weighted by Crippen LogP contribution is -2.39. The van der Waals surface area contributed by atoms with Crippen molar-refractivity contribution in [3.05, 3.63) is 45.9 Å². The average Bonchev–Trinajstić information content (AvgIpc) is 2.99. The molecule has 1 aliphatic heterocycles. The van der Waals surface area contributed by atoms with Gasteiger partial charge in [-0.2, -0.15) is 0 Å². The highest BCUT2D eigenvalue weighted by Gasteiger charge is 2.27. The maximum Gasteiger partial charge on any atom is 0.151 e. The fraction of sp³-hybridized carbons (Fsp3) is 0.167. The molecule has 0 spiro atoms. The first-order valence-electron chi connectivity index (χ1n) is 7.33. The van der Waals surface area contributed by atoms with Gasteiger partial charge in [-0.15, -0.1) is 0 Å². The molecule has 2 aromatic rings. The van der Waals surface area contributed by atoms with Crippen molar-refractivity contribution in [3.8, 4) is 0 Å². The van der Waals surface area contributed by atoms with E-state index in [1.54, 1.807) is 23.8 Å². The van der Waals surface area contributed by atoms with Crippen molar-refractivity contribution >= 4 is 40.8 Å². The minimum atomic E-state index is -0.713. The largest absolute Gasteiger partial charge is 0.342 e. The van der Waals surface area contributed by atoms with E-state index < -0.39 is 6.04 Å². The molecule has 25 heavy (non-hydrogen) atoms. The molecule has 0 bridgehead atoms. The Hall–Kier alpha value is -3.71. The molecular formula is C18H10N2O5. The van der Waals surface area contributed by atoms with Crippen molar-refractivity contribution in [3.63, 3.8) is 0 Å². The molecule has 0 aliphatic carbocycles. The number of allylic oxidation sites excluding steroid dienone is 2. The molecule has 1 saturated heterocycles. The van der Waals surface area contributed by atoms with Crippen LogP contribution in [0.5, 0.6) is 0 Å². The summed E-state index contributed by atoms with van der Waals surface area (Å²) in [7, 11) is 0. The molecular weight excluding hydrogens is 324 g/mol. The lowest BCUT2D eigenvalue weighted by Gasteiger charge is -2.25. The number of fused-ring (bicyclic) bond motifs is 1. The predicted molar refractivity (Wildman–Crippen MR) is 86.0 cm³/mol. The number of nitrogens with zero attached hydrogens (tertiary/aromatic N) is 1. The first kappa shape index (κ1) is 16.2. The van der Waals surface area contributed by atoms with E-state index in [0.29, 0.717) is 22.6 Å². The molecule has 122 valence electrons. The van der Waals surface area contributed by atoms with Crippen LogP contribution in [-0.4, -0.2) is 34.6 Å². The number of hydrogen-bond acceptors (Lipinski definition) is 6. The molecule has 1 aromatic carbocycles. The monoisotopic (exact) mass is 334 g/mol. The standard InChI is InChI=1S/C18H10N2O5/c21-6-11-1-3-13-14(5-11)18(10-25)20(17(13)9-24)16-4-2-12(7-22)19-15(16)8-23/h1,3,5-6,16,19H,2,4H2. The van der Waals surface area contributed by atoms with Gasteiger partial charge in [0.25, 0.3) is 0 Å². The van der Waals surface area contributed by atoms with Gasteiger partial charge in [0.15, 0.2) is 11.9 Å². The van der Waals surface area contributed by atoms with Gasteiger partial charge in [0.2, 0.25) is 0 Å². The van der Waals surface area contributed by atoms with E-state index in [4.69, 9.17) is 0 Å². The second kappa shape index (κ2) is 6.42. The number of carbonyl (C=O) groups excluding carboxylic acids is 5. The normalized spacial score (nSPS) is 16.4. The summed E-state index contributed by atoms with van der Waals surface area (Å²) in [5.74, 6) is 6.96. The molecule has 3 rings (SSSR count). The van der Waals surface area contributed by atoms with Crippen LogP contribution in [0.3, 0.4) is 0 Å². The molecule has 0 radical (unpaired) electrons. The lowest BCUT2D eigenvalue weighted by molar-refractivity contribution is 0.112. The Morgan fingerprint density at radius 3 is 2.32 bits per heavy atom. The van der Waals surface area contributed by atoms with Gasteiger partial charge in [-0.1, -0.05) is 12.1 Å². The van der Waals surface area contributed by atoms with Crippen LogP contribution in [0.4, 0.5) is 0 Å². The molecule has 0 amide bonds. The maximum absolute atomic E-state index is 11.6. The molecule has 1 N–H and O–H groups in total. The minimum Gasteiger partial charge on any atom is -0.342 e. The Labute approximate surface area is 140 Å². The third kappa shape index (κ3) is 2.48. The second-order valence-corrected chi connectivity index (χ2v) is 5.47. The number of carbonyl (C=O) groups is 1. The van der Waals surface area contributed by atoms with Crippen LogP contribution in [0, 0.1) is 0 Å². The fourth-order valence-electron chi connectivity index (χ4n) is 3.09. The molecule has 7 nitrogen and oxygen atoms in total. The third-order valence-electron chi connectivity index (χ3n) is 4.20. The van der Waals surface area contributed by atoms with E-state index in [1.807, 2.05) is 0 Å². The molecule has 1 atom stereocenters. The number of benzene rings is 1. The first-order valence-corrected chi connectivity index (χ1v) is 7.33. The van der Waals surface area contributed by atoms with Crippen molar-refractivity contribution in [2.75, 3.05) is 0 Å². The van der Waals surface area contributed by atoms with Gasteiger partial charge in [0, 0.05) is 22.8 Å². The van der Waals surface area contributed by atoms with E-state index in [-0.39, 0.29) is 34.9 Å². The van der Waals surface area contributed by atoms with E-state index in [0.717, 1.165) is 0 Å². The molecule has 0 saturated carbocycles. The summed E-state index contributed by atoms with van der Waals surface area (Å²) < 4.78 is 1.34. The topological polar surface area (TPSA) is 102 Å². The van der Waals surface area contributed by atoms with Gasteiger partial charge in [-0.25, -0.2) is 19.2 Å². The number of aldehydes is 1. The summed E-state index contributed by atoms with van der Waals surface area (Å²) in [5.41, 5.74) is 0.536. The first-order chi connectivity index (χ1) is 12.2. The van der Waals surface area contributed by atoms with Gasteiger partial charge >= 0.3 is 0 Å². The van der Waals surface area contributed by atoms with Gasteiger partial charge < -0.3 is 9.88 Å². The van der Waals surface area contributed by atoms with Crippen molar-refractivity contribution in [1.82, 2.24) is 9.88 Å². The van der Waals surface area contributed by atoms with E-state index in [1.165, 1.54) is 22.8 Å². The Balaban J connectivity index is 2.39. The summed E-state index contributed by atoms with van der Waals surface area (Å²) in [6.45, 7) is 0. The van der Waals surface area contributed by atoms with Crippen LogP contribution >= 0.6 is 0 Å². The lowest BCUT2D eigenvalue weighted by atomic mass is 10.0. The van der Waals surface area contributed by atoms with Crippen LogP contribution in [0.15, 0.2) is 29.6 Å². The predicted octanol–water partition coefficient (Wildman–Crippen LogP) is -1.18. The van der Waals surface area contributed by atoms with Crippen LogP contribution in [0.2, 0.25) is 0 Å². The Kier molecular flexibility index (Phi) is 4.15. The summed E-state index contributed by atoms with van der Waals surface area (Å²) in [5, 5.41) is 3.48. The highest BCUT2D eigenvalue weighted by molar-refractivity contribution is 5.92. The zero-order valence-electron chi connectivity index (χ0n) is 12.8. The smallest absolute Gasteiger partial charge is 0.151 e. The van der Waals surface area contributed by atoms with Gasteiger partial charge in [0.1, 0.15) is 40.3 Å². The average molecular weight is 334 g/mol. The van der Waals surface area contributed by atoms with E-state index in [2.05, 4.69) is 5.32 Å². The quantitative estimate of drug-likeness (QED) is 0.548. The van der Waals surface area contributed by atoms with Crippen LogP contribution in [0.1, 0.15) is 29.2 Å². The molecule has 1 aliphatic rings. The Bertz CT molecular complexity index is 1170. The van der Waals surface area contributed by atoms with Crippen molar-refractivity contribution in [2.45, 2.75) is 18.9 Å². The van der Waals surface area contributed by atoms with Gasteiger partial charge in [-0.3, -0.25) is 4.79 Å². The summed E-state index contributed by atoms with van der Waals surface area (Å²) in [4.78, 5) is 56.2. The van der Waals surface area contributed by atoms with Gasteiger partial charge in [0.05, 0.1) is 6.04 Å². The summed E-state index contributed by atoms with van der Waals surface area (Å²) in [6, 6.07) is 3.80. The van der Waals surface area contributed by atoms with Crippen molar-refractivity contribution in [2.24, 2.45) is 0 Å². The molecule has 1 unspecified atom stereocenters. The Morgan fingerprint density at radius 2 is 1.72 bits per heavy atom. The second-order valence-electron chi connectivity index (χ2n) is 5.47. The summed E-state index contributed by atoms with van der Waals surface area (Å²) in [6.07, 6.45) is 1.19. The molecule has 7 heteroatoms. The zero-order valence-corrected chi connectivity index (χ0v) is 12.8. The number of rotatable bonds is 2. The molecule has 2 heterocycles. The minimum absolute atomic E-state index is 0.00789. The van der Waals surface area contributed by atoms with E-state index in [9.17, 15) is 24.0 Å². The highest BCUT2D eigenvalue weighted by atomic mass is 16.1. The highest BCUT2D eigenvalue weighted by Crippen LogP contribution is 2.25. The van der Waals surface area contributed by atoms with Crippen LogP contribution in [-0.2, 0) is 19.2 Å². The van der Waals surface area contributed by atoms with Crippen LogP contribution in [0.25, 0.3) is 10.8 Å². The third-order valence-corrected chi connectivity index (χ3v) is 4.20. The van der Waals surface area contributed by atoms with Crippen molar-refractivity contribution in [1.29, 1.82) is 0 Å².